The van der Waals surface area contributed by atoms with E-state index in [4.69, 9.17) is 0 Å². The first-order valence-corrected chi connectivity index (χ1v) is 7.55. The Morgan fingerprint density at radius 3 is 2.86 bits per heavy atom. The van der Waals surface area contributed by atoms with Gasteiger partial charge < -0.3 is 15.5 Å². The Morgan fingerprint density at radius 1 is 1.29 bits per heavy atom. The highest BCUT2D eigenvalue weighted by atomic mass is 16.2. The van der Waals surface area contributed by atoms with Crippen LogP contribution in [-0.4, -0.2) is 36.6 Å². The lowest BCUT2D eigenvalue weighted by molar-refractivity contribution is 0.196. The monoisotopic (exact) mass is 283 g/mol. The molecule has 0 spiro atoms. The van der Waals surface area contributed by atoms with E-state index in [1.54, 1.807) is 0 Å². The molecule has 1 fully saturated rings. The van der Waals surface area contributed by atoms with Crippen LogP contribution in [0, 0.1) is 0 Å². The standard InChI is InChI=1S/C17H21N3O/c1-2-20(14-10-11-18-12-14)17(21)19-16-9-5-7-13-6-3-4-8-15(13)16/h3-9,14,18H,2,10-12H2,1H3,(H,19,21). The van der Waals surface area contributed by atoms with Crippen molar-refractivity contribution in [3.8, 4) is 0 Å². The highest BCUT2D eigenvalue weighted by Gasteiger charge is 2.25. The molecular weight excluding hydrogens is 262 g/mol. The van der Waals surface area contributed by atoms with Crippen LogP contribution in [0.15, 0.2) is 42.5 Å². The largest absolute Gasteiger partial charge is 0.322 e. The Balaban J connectivity index is 1.82. The minimum atomic E-state index is -0.0115. The fraction of sp³-hybridized carbons (Fsp3) is 0.353. The van der Waals surface area contributed by atoms with E-state index in [0.29, 0.717) is 6.04 Å². The van der Waals surface area contributed by atoms with Crippen molar-refractivity contribution in [2.24, 2.45) is 0 Å². The molecule has 1 atom stereocenters. The van der Waals surface area contributed by atoms with Crippen molar-refractivity contribution in [2.75, 3.05) is 25.0 Å². The summed E-state index contributed by atoms with van der Waals surface area (Å²) in [5.41, 5.74) is 0.877. The van der Waals surface area contributed by atoms with Gasteiger partial charge in [-0.1, -0.05) is 36.4 Å². The third kappa shape index (κ3) is 2.85. The number of carbonyl (C=O) groups is 1. The number of nitrogens with zero attached hydrogens (tertiary/aromatic N) is 1. The summed E-state index contributed by atoms with van der Waals surface area (Å²) < 4.78 is 0. The molecule has 0 bridgehead atoms. The van der Waals surface area contributed by atoms with Crippen molar-refractivity contribution in [1.29, 1.82) is 0 Å². The zero-order valence-corrected chi connectivity index (χ0v) is 12.3. The van der Waals surface area contributed by atoms with Gasteiger partial charge >= 0.3 is 6.03 Å². The maximum Gasteiger partial charge on any atom is 0.322 e. The molecule has 2 aromatic carbocycles. The summed E-state index contributed by atoms with van der Waals surface area (Å²) in [4.78, 5) is 14.5. The predicted octanol–water partition coefficient (Wildman–Crippen LogP) is 3.06. The number of carbonyl (C=O) groups excluding carboxylic acids is 1. The number of rotatable bonds is 3. The zero-order valence-electron chi connectivity index (χ0n) is 12.3. The molecule has 0 radical (unpaired) electrons. The maximum absolute atomic E-state index is 12.6. The Labute approximate surface area is 125 Å². The third-order valence-corrected chi connectivity index (χ3v) is 4.11. The summed E-state index contributed by atoms with van der Waals surface area (Å²) in [6, 6.07) is 14.4. The number of amides is 2. The van der Waals surface area contributed by atoms with Crippen LogP contribution in [0.4, 0.5) is 10.5 Å². The number of anilines is 1. The van der Waals surface area contributed by atoms with Gasteiger partial charge in [-0.25, -0.2) is 4.79 Å². The van der Waals surface area contributed by atoms with E-state index in [1.165, 1.54) is 0 Å². The molecular formula is C17H21N3O. The number of fused-ring (bicyclic) bond motifs is 1. The van der Waals surface area contributed by atoms with E-state index >= 15 is 0 Å². The Hall–Kier alpha value is -2.07. The molecule has 0 saturated carbocycles. The van der Waals surface area contributed by atoms with Crippen LogP contribution in [0.2, 0.25) is 0 Å². The van der Waals surface area contributed by atoms with Crippen molar-refractivity contribution in [3.63, 3.8) is 0 Å². The van der Waals surface area contributed by atoms with E-state index < -0.39 is 0 Å². The van der Waals surface area contributed by atoms with Gasteiger partial charge in [-0.3, -0.25) is 0 Å². The highest BCUT2D eigenvalue weighted by molar-refractivity contribution is 6.01. The van der Waals surface area contributed by atoms with Gasteiger partial charge in [0.05, 0.1) is 5.69 Å². The van der Waals surface area contributed by atoms with E-state index in [2.05, 4.69) is 22.8 Å². The lowest BCUT2D eigenvalue weighted by Crippen LogP contribution is -2.43. The number of urea groups is 1. The summed E-state index contributed by atoms with van der Waals surface area (Å²) in [7, 11) is 0. The average molecular weight is 283 g/mol. The van der Waals surface area contributed by atoms with Crippen LogP contribution in [0.3, 0.4) is 0 Å². The Kier molecular flexibility index (Phi) is 4.06. The summed E-state index contributed by atoms with van der Waals surface area (Å²) in [5, 5.41) is 8.60. The minimum absolute atomic E-state index is 0.0115. The van der Waals surface area contributed by atoms with E-state index in [9.17, 15) is 4.79 Å². The Morgan fingerprint density at radius 2 is 2.10 bits per heavy atom. The van der Waals surface area contributed by atoms with Crippen molar-refractivity contribution < 1.29 is 4.79 Å². The summed E-state index contributed by atoms with van der Waals surface area (Å²) in [6.45, 7) is 4.63. The fourth-order valence-electron chi connectivity index (χ4n) is 2.99. The molecule has 1 saturated heterocycles. The molecule has 3 rings (SSSR count). The molecule has 2 aromatic rings. The van der Waals surface area contributed by atoms with Crippen molar-refractivity contribution >= 4 is 22.5 Å². The number of benzene rings is 2. The van der Waals surface area contributed by atoms with Gasteiger partial charge in [-0.05, 0) is 31.3 Å². The van der Waals surface area contributed by atoms with Gasteiger partial charge in [-0.2, -0.15) is 0 Å². The molecule has 21 heavy (non-hydrogen) atoms. The molecule has 1 aliphatic rings. The quantitative estimate of drug-likeness (QED) is 0.909. The number of nitrogens with one attached hydrogen (secondary N) is 2. The molecule has 2 amide bonds. The van der Waals surface area contributed by atoms with Crippen LogP contribution in [0.5, 0.6) is 0 Å². The summed E-state index contributed by atoms with van der Waals surface area (Å²) in [6.07, 6.45) is 1.02. The number of likely N-dealkylation sites (N-methyl/N-ethyl adjacent to an activating group) is 1. The molecule has 0 aliphatic carbocycles. The second-order valence-electron chi connectivity index (χ2n) is 5.39. The van der Waals surface area contributed by atoms with Crippen LogP contribution < -0.4 is 10.6 Å². The third-order valence-electron chi connectivity index (χ3n) is 4.11. The normalized spacial score (nSPS) is 17.9. The second kappa shape index (κ2) is 6.14. The lowest BCUT2D eigenvalue weighted by Gasteiger charge is -2.27. The van der Waals surface area contributed by atoms with Gasteiger partial charge in [0.1, 0.15) is 0 Å². The first-order chi connectivity index (χ1) is 10.3. The van der Waals surface area contributed by atoms with Crippen LogP contribution in [0.25, 0.3) is 10.8 Å². The Bertz CT molecular complexity index is 629. The molecule has 1 unspecified atom stereocenters. The maximum atomic E-state index is 12.6. The van der Waals surface area contributed by atoms with E-state index in [0.717, 1.165) is 42.5 Å². The first kappa shape index (κ1) is 13.9. The van der Waals surface area contributed by atoms with Crippen molar-refractivity contribution in [3.05, 3.63) is 42.5 Å². The fourth-order valence-corrected chi connectivity index (χ4v) is 2.99. The van der Waals surface area contributed by atoms with Gasteiger partial charge in [0, 0.05) is 24.5 Å². The number of hydrogen-bond donors (Lipinski definition) is 2. The van der Waals surface area contributed by atoms with Crippen LogP contribution >= 0.6 is 0 Å². The molecule has 1 heterocycles. The molecule has 0 aromatic heterocycles. The summed E-state index contributed by atoms with van der Waals surface area (Å²) in [5.74, 6) is 0. The van der Waals surface area contributed by atoms with Crippen molar-refractivity contribution in [1.82, 2.24) is 10.2 Å². The molecule has 4 nitrogen and oxygen atoms in total. The molecule has 2 N–H and O–H groups in total. The minimum Gasteiger partial charge on any atom is -0.321 e. The average Bonchev–Trinajstić information content (AvgIpc) is 3.02. The summed E-state index contributed by atoms with van der Waals surface area (Å²) >= 11 is 0. The van der Waals surface area contributed by atoms with Gasteiger partial charge in [0.2, 0.25) is 0 Å². The van der Waals surface area contributed by atoms with Gasteiger partial charge in [0.25, 0.3) is 0 Å². The number of hydrogen-bond acceptors (Lipinski definition) is 2. The topological polar surface area (TPSA) is 44.4 Å². The molecule has 110 valence electrons. The zero-order chi connectivity index (χ0) is 14.7. The van der Waals surface area contributed by atoms with Gasteiger partial charge in [0.15, 0.2) is 0 Å². The first-order valence-electron chi connectivity index (χ1n) is 7.55. The van der Waals surface area contributed by atoms with Gasteiger partial charge in [-0.15, -0.1) is 0 Å². The van der Waals surface area contributed by atoms with Crippen molar-refractivity contribution in [2.45, 2.75) is 19.4 Å². The smallest absolute Gasteiger partial charge is 0.321 e. The molecule has 1 aliphatic heterocycles. The lowest BCUT2D eigenvalue weighted by atomic mass is 10.1. The second-order valence-corrected chi connectivity index (χ2v) is 5.39. The predicted molar refractivity (Wildman–Crippen MR) is 86.6 cm³/mol. The highest BCUT2D eigenvalue weighted by Crippen LogP contribution is 2.23. The SMILES string of the molecule is CCN(C(=O)Nc1cccc2ccccc12)C1CCNC1. The molecule has 4 heteroatoms. The van der Waals surface area contributed by atoms with Crippen LogP contribution in [-0.2, 0) is 0 Å². The van der Waals surface area contributed by atoms with E-state index in [1.807, 2.05) is 42.2 Å². The van der Waals surface area contributed by atoms with E-state index in [-0.39, 0.29) is 6.03 Å². The van der Waals surface area contributed by atoms with Crippen LogP contribution in [0.1, 0.15) is 13.3 Å².